The predicted molar refractivity (Wildman–Crippen MR) is 125 cm³/mol. The van der Waals surface area contributed by atoms with Crippen molar-refractivity contribution in [3.05, 3.63) is 0 Å². The van der Waals surface area contributed by atoms with Crippen LogP contribution in [0.25, 0.3) is 0 Å². The minimum Gasteiger partial charge on any atom is -0.381 e. The van der Waals surface area contributed by atoms with E-state index < -0.39 is 0 Å². The zero-order valence-electron chi connectivity index (χ0n) is 21.5. The molecule has 2 fully saturated rings. The van der Waals surface area contributed by atoms with E-state index in [9.17, 15) is 0 Å². The fourth-order valence-electron chi connectivity index (χ4n) is 2.43. The van der Waals surface area contributed by atoms with Gasteiger partial charge >= 0.3 is 0 Å². The highest BCUT2D eigenvalue weighted by Crippen LogP contribution is 2.26. The third-order valence-corrected chi connectivity index (χ3v) is 4.17. The summed E-state index contributed by atoms with van der Waals surface area (Å²) in [6, 6.07) is 0. The molecule has 0 spiro atoms. The van der Waals surface area contributed by atoms with Crippen LogP contribution in [0.15, 0.2) is 20.7 Å². The quantitative estimate of drug-likeness (QED) is 0.440. The van der Waals surface area contributed by atoms with Gasteiger partial charge in [0, 0.05) is 37.3 Å². The smallest absolute Gasteiger partial charge is 0.190 e. The van der Waals surface area contributed by atoms with Crippen LogP contribution < -0.4 is 0 Å². The number of ether oxygens (including phenoxy) is 2. The lowest BCUT2D eigenvalue weighted by Gasteiger charge is -2.38. The van der Waals surface area contributed by atoms with Gasteiger partial charge in [0.05, 0.1) is 13.2 Å². The molecule has 0 atom stereocenters. The Bertz CT molecular complexity index is 448. The van der Waals surface area contributed by atoms with Gasteiger partial charge in [0.2, 0.25) is 0 Å². The fraction of sp³-hybridized carbons (Fsp3) is 1.00. The van der Waals surface area contributed by atoms with Gasteiger partial charge in [-0.1, -0.05) is 48.5 Å². The molecule has 3 rings (SSSR count). The Morgan fingerprint density at radius 3 is 1.23 bits per heavy atom. The molecule has 0 aromatic carbocycles. The Morgan fingerprint density at radius 1 is 0.633 bits per heavy atom. The van der Waals surface area contributed by atoms with Crippen molar-refractivity contribution in [2.75, 3.05) is 39.5 Å². The van der Waals surface area contributed by atoms with Gasteiger partial charge in [-0.15, -0.1) is 10.2 Å². The second-order valence-electron chi connectivity index (χ2n) is 11.6. The van der Waals surface area contributed by atoms with Crippen molar-refractivity contribution in [3.8, 4) is 0 Å². The van der Waals surface area contributed by atoms with Gasteiger partial charge in [-0.3, -0.25) is 4.90 Å². The molecule has 7 nitrogen and oxygen atoms in total. The molecule has 178 valence electrons. The molecule has 7 heteroatoms. The number of hydrogen-bond acceptors (Lipinski definition) is 7. The highest BCUT2D eigenvalue weighted by atomic mass is 16.5. The van der Waals surface area contributed by atoms with Crippen molar-refractivity contribution >= 4 is 0 Å². The van der Waals surface area contributed by atoms with Gasteiger partial charge in [-0.05, 0) is 55.9 Å². The Balaban J connectivity index is 0.000000388. The molecule has 0 amide bonds. The highest BCUT2D eigenvalue weighted by Gasteiger charge is 2.26. The Hall–Kier alpha value is -0.920. The fourth-order valence-corrected chi connectivity index (χ4v) is 2.43. The summed E-state index contributed by atoms with van der Waals surface area (Å²) >= 11 is 0. The van der Waals surface area contributed by atoms with Crippen molar-refractivity contribution in [3.63, 3.8) is 0 Å². The van der Waals surface area contributed by atoms with Crippen molar-refractivity contribution in [1.82, 2.24) is 4.90 Å². The van der Waals surface area contributed by atoms with E-state index in [1.807, 2.05) is 0 Å². The Morgan fingerprint density at radius 2 is 1.03 bits per heavy atom. The van der Waals surface area contributed by atoms with Crippen LogP contribution in [0.3, 0.4) is 0 Å². The average Bonchev–Trinajstić information content (AvgIpc) is 3.18. The molecule has 0 N–H and O–H groups in total. The number of hydrogen-bond donors (Lipinski definition) is 0. The summed E-state index contributed by atoms with van der Waals surface area (Å²) in [6.07, 6.45) is 3.86. The molecule has 0 unspecified atom stereocenters. The first-order valence-electron chi connectivity index (χ1n) is 11.4. The molecule has 0 aromatic rings. The lowest BCUT2D eigenvalue weighted by molar-refractivity contribution is -0.00389. The number of nitrogens with zero attached hydrogens (tertiary/aromatic N) is 5. The van der Waals surface area contributed by atoms with Crippen LogP contribution in [0, 0.1) is 10.8 Å². The van der Waals surface area contributed by atoms with Gasteiger partial charge in [-0.25, -0.2) is 0 Å². The van der Waals surface area contributed by atoms with E-state index in [2.05, 4.69) is 94.8 Å². The molecule has 30 heavy (non-hydrogen) atoms. The summed E-state index contributed by atoms with van der Waals surface area (Å²) in [4.78, 5) is 2.45. The van der Waals surface area contributed by atoms with E-state index in [1.165, 1.54) is 19.3 Å². The molecular weight excluding hydrogens is 378 g/mol. The van der Waals surface area contributed by atoms with E-state index in [0.29, 0.717) is 11.0 Å². The van der Waals surface area contributed by atoms with E-state index in [1.54, 1.807) is 0 Å². The van der Waals surface area contributed by atoms with Crippen LogP contribution in [-0.4, -0.2) is 56.1 Å². The summed E-state index contributed by atoms with van der Waals surface area (Å²) in [7, 11) is 0. The molecule has 3 aliphatic rings. The SMILES string of the molecule is C1CCOCC1.CC(C)(C)C.CC(C)(C)C1N=NN=N1.CC(C)(C)N1CCOCC1. The maximum Gasteiger partial charge on any atom is 0.190 e. The summed E-state index contributed by atoms with van der Waals surface area (Å²) < 4.78 is 10.3. The second kappa shape index (κ2) is 14.2. The van der Waals surface area contributed by atoms with Gasteiger partial charge in [0.1, 0.15) is 0 Å². The zero-order chi connectivity index (χ0) is 23.3. The third kappa shape index (κ3) is 17.9. The van der Waals surface area contributed by atoms with Crippen LogP contribution in [-0.2, 0) is 9.47 Å². The van der Waals surface area contributed by atoms with Crippen LogP contribution in [0.4, 0.5) is 0 Å². The van der Waals surface area contributed by atoms with Crippen LogP contribution in [0.5, 0.6) is 0 Å². The van der Waals surface area contributed by atoms with Gasteiger partial charge in [0.25, 0.3) is 0 Å². The maximum absolute atomic E-state index is 5.25. The van der Waals surface area contributed by atoms with Gasteiger partial charge in [-0.2, -0.15) is 0 Å². The molecule has 0 radical (unpaired) electrons. The van der Waals surface area contributed by atoms with Crippen molar-refractivity contribution in [2.45, 2.75) is 100 Å². The summed E-state index contributed by atoms with van der Waals surface area (Å²) in [5.74, 6) is 0. The molecule has 0 aliphatic carbocycles. The standard InChI is InChI=1S/C8H17NO.C5H10N4.C5H10O.C5H12/c1-8(2,3)9-4-6-10-7-5-9;1-5(2,3)4-6-8-9-7-4;1-2-4-6-5-3-1;1-5(2,3)4/h4-7H2,1-3H3;4H,1-3H3;1-5H2;1-4H3. The zero-order valence-corrected chi connectivity index (χ0v) is 21.5. The minimum atomic E-state index is -0.0718. The highest BCUT2D eigenvalue weighted by molar-refractivity contribution is 4.77. The topological polar surface area (TPSA) is 71.1 Å². The van der Waals surface area contributed by atoms with Crippen LogP contribution >= 0.6 is 0 Å². The summed E-state index contributed by atoms with van der Waals surface area (Å²) in [5, 5.41) is 14.4. The normalized spacial score (nSPS) is 20.3. The third-order valence-electron chi connectivity index (χ3n) is 4.17. The second-order valence-corrected chi connectivity index (χ2v) is 11.6. The Kier molecular flexibility index (Phi) is 13.8. The number of morpholine rings is 1. The molecular formula is C23H49N5O2. The Labute approximate surface area is 186 Å². The van der Waals surface area contributed by atoms with Crippen molar-refractivity contribution < 1.29 is 9.47 Å². The van der Waals surface area contributed by atoms with Gasteiger partial charge in [0.15, 0.2) is 6.17 Å². The number of rotatable bonds is 0. The molecule has 2 saturated heterocycles. The predicted octanol–water partition coefficient (Wildman–Crippen LogP) is 6.55. The van der Waals surface area contributed by atoms with Crippen LogP contribution in [0.2, 0.25) is 0 Å². The van der Waals surface area contributed by atoms with E-state index in [4.69, 9.17) is 9.47 Å². The lowest BCUT2D eigenvalue weighted by atomic mass is 9.93. The molecule has 3 aliphatic heterocycles. The minimum absolute atomic E-state index is 0.0590. The first kappa shape index (κ1) is 29.1. The van der Waals surface area contributed by atoms with Crippen molar-refractivity contribution in [1.29, 1.82) is 0 Å². The van der Waals surface area contributed by atoms with Gasteiger partial charge < -0.3 is 9.47 Å². The molecule has 0 aromatic heterocycles. The average molecular weight is 428 g/mol. The largest absolute Gasteiger partial charge is 0.381 e. The first-order valence-corrected chi connectivity index (χ1v) is 11.4. The van der Waals surface area contributed by atoms with E-state index in [0.717, 1.165) is 39.5 Å². The summed E-state index contributed by atoms with van der Waals surface area (Å²) in [5.41, 5.74) is 0.882. The molecule has 0 saturated carbocycles. The molecule has 3 heterocycles. The van der Waals surface area contributed by atoms with Crippen molar-refractivity contribution in [2.24, 2.45) is 31.5 Å². The maximum atomic E-state index is 5.25. The monoisotopic (exact) mass is 427 g/mol. The first-order chi connectivity index (χ1) is 13.7. The molecule has 0 bridgehead atoms. The van der Waals surface area contributed by atoms with E-state index in [-0.39, 0.29) is 11.6 Å². The van der Waals surface area contributed by atoms with E-state index >= 15 is 0 Å². The lowest BCUT2D eigenvalue weighted by Crippen LogP contribution is -2.47. The summed E-state index contributed by atoms with van der Waals surface area (Å²) in [6.45, 7) is 27.6. The van der Waals surface area contributed by atoms with Crippen LogP contribution in [0.1, 0.15) is 88.5 Å².